The van der Waals surface area contributed by atoms with Crippen LogP contribution in [0.1, 0.15) is 53.5 Å². The Morgan fingerprint density at radius 1 is 1.19 bits per heavy atom. The fourth-order valence-corrected chi connectivity index (χ4v) is 2.24. The van der Waals surface area contributed by atoms with Crippen LogP contribution < -0.4 is 0 Å². The molecule has 0 spiro atoms. The first-order chi connectivity index (χ1) is 9.57. The van der Waals surface area contributed by atoms with Gasteiger partial charge in [0.15, 0.2) is 0 Å². The lowest BCUT2D eigenvalue weighted by Gasteiger charge is -2.39. The zero-order valence-electron chi connectivity index (χ0n) is 13.9. The molecule has 0 aliphatic heterocycles. The Kier molecular flexibility index (Phi) is 5.85. The van der Waals surface area contributed by atoms with E-state index >= 15 is 0 Å². The van der Waals surface area contributed by atoms with E-state index in [1.165, 1.54) is 0 Å². The zero-order valence-corrected chi connectivity index (χ0v) is 15.5. The highest BCUT2D eigenvalue weighted by Crippen LogP contribution is 2.27. The molecule has 4 heteroatoms. The van der Waals surface area contributed by atoms with E-state index in [0.717, 1.165) is 16.5 Å². The molecule has 0 fully saturated rings. The maximum absolute atomic E-state index is 12.6. The molecule has 118 valence electrons. The van der Waals surface area contributed by atoms with E-state index in [0.29, 0.717) is 6.54 Å². The van der Waals surface area contributed by atoms with Gasteiger partial charge in [0.1, 0.15) is 5.60 Å². The molecule has 1 rings (SSSR count). The van der Waals surface area contributed by atoms with Crippen LogP contribution in [0, 0.1) is 0 Å². The summed E-state index contributed by atoms with van der Waals surface area (Å²) in [6.45, 7) is 12.4. The van der Waals surface area contributed by atoms with Crippen LogP contribution in [0.5, 0.6) is 0 Å². The lowest BCUT2D eigenvalue weighted by Crippen LogP contribution is -2.48. The summed E-state index contributed by atoms with van der Waals surface area (Å²) in [7, 11) is 0. The van der Waals surface area contributed by atoms with Crippen LogP contribution in [0.2, 0.25) is 0 Å². The number of carbonyl (C=O) groups is 1. The minimum atomic E-state index is -0.493. The minimum Gasteiger partial charge on any atom is -0.444 e. The second-order valence-electron chi connectivity index (χ2n) is 6.82. The van der Waals surface area contributed by atoms with Gasteiger partial charge in [0.05, 0.1) is 6.54 Å². The monoisotopic (exact) mass is 355 g/mol. The Bertz CT molecular complexity index is 492. The normalized spacial score (nSPS) is 12.1. The van der Waals surface area contributed by atoms with Gasteiger partial charge in [-0.25, -0.2) is 4.79 Å². The van der Waals surface area contributed by atoms with Crippen molar-refractivity contribution in [3.8, 4) is 0 Å². The largest absolute Gasteiger partial charge is 0.444 e. The highest BCUT2D eigenvalue weighted by molar-refractivity contribution is 9.10. The van der Waals surface area contributed by atoms with E-state index < -0.39 is 5.60 Å². The van der Waals surface area contributed by atoms with Gasteiger partial charge in [-0.3, -0.25) is 4.90 Å². The summed E-state index contributed by atoms with van der Waals surface area (Å²) in [6.07, 6.45) is 0.585. The SMILES string of the molecule is CCC(C)(C)N(Cc1ccccc1Br)C(=O)OC(C)(C)C. The van der Waals surface area contributed by atoms with Crippen LogP contribution in [-0.2, 0) is 11.3 Å². The summed E-state index contributed by atoms with van der Waals surface area (Å²) in [5.41, 5.74) is 0.315. The van der Waals surface area contributed by atoms with Gasteiger partial charge < -0.3 is 4.74 Å². The summed E-state index contributed by atoms with van der Waals surface area (Å²) in [4.78, 5) is 14.4. The molecule has 0 unspecified atom stereocenters. The zero-order chi connectivity index (χ0) is 16.3. The number of amides is 1. The van der Waals surface area contributed by atoms with E-state index in [2.05, 4.69) is 36.7 Å². The Hall–Kier alpha value is -1.03. The van der Waals surface area contributed by atoms with Crippen LogP contribution >= 0.6 is 15.9 Å². The van der Waals surface area contributed by atoms with Crippen LogP contribution in [0.25, 0.3) is 0 Å². The molecule has 0 N–H and O–H groups in total. The van der Waals surface area contributed by atoms with E-state index in [4.69, 9.17) is 4.74 Å². The number of benzene rings is 1. The molecule has 1 aromatic rings. The van der Waals surface area contributed by atoms with Gasteiger partial charge in [0.25, 0.3) is 0 Å². The number of halogens is 1. The molecule has 0 radical (unpaired) electrons. The third-order valence-corrected chi connectivity index (χ3v) is 4.27. The number of ether oxygens (including phenoxy) is 1. The summed E-state index contributed by atoms with van der Waals surface area (Å²) in [5.74, 6) is 0. The average molecular weight is 356 g/mol. The van der Waals surface area contributed by atoms with E-state index in [9.17, 15) is 4.79 Å². The molecule has 0 saturated carbocycles. The average Bonchev–Trinajstić information content (AvgIpc) is 2.35. The van der Waals surface area contributed by atoms with E-state index in [1.807, 2.05) is 45.0 Å². The third kappa shape index (κ3) is 5.34. The van der Waals surface area contributed by atoms with Crippen molar-refractivity contribution in [2.24, 2.45) is 0 Å². The highest BCUT2D eigenvalue weighted by Gasteiger charge is 2.33. The van der Waals surface area contributed by atoms with Crippen molar-refractivity contribution in [1.82, 2.24) is 4.90 Å². The molecule has 0 atom stereocenters. The van der Waals surface area contributed by atoms with Crippen molar-refractivity contribution >= 4 is 22.0 Å². The van der Waals surface area contributed by atoms with Crippen LogP contribution in [0.3, 0.4) is 0 Å². The van der Waals surface area contributed by atoms with Crippen LogP contribution in [0.15, 0.2) is 28.7 Å². The maximum atomic E-state index is 12.6. The third-order valence-electron chi connectivity index (χ3n) is 3.50. The van der Waals surface area contributed by atoms with Crippen molar-refractivity contribution in [3.63, 3.8) is 0 Å². The second-order valence-corrected chi connectivity index (χ2v) is 7.68. The molecule has 1 amide bonds. The first kappa shape index (κ1) is 18.0. The quantitative estimate of drug-likeness (QED) is 0.725. The van der Waals surface area contributed by atoms with Gasteiger partial charge in [-0.15, -0.1) is 0 Å². The molecule has 3 nitrogen and oxygen atoms in total. The van der Waals surface area contributed by atoms with E-state index in [-0.39, 0.29) is 11.6 Å². The molecule has 1 aromatic carbocycles. The van der Waals surface area contributed by atoms with Crippen LogP contribution in [0.4, 0.5) is 4.79 Å². The fraction of sp³-hybridized carbons (Fsp3) is 0.588. The van der Waals surface area contributed by atoms with Gasteiger partial charge in [-0.2, -0.15) is 0 Å². The summed E-state index contributed by atoms with van der Waals surface area (Å²) < 4.78 is 6.58. The minimum absolute atomic E-state index is 0.266. The van der Waals surface area contributed by atoms with Gasteiger partial charge in [0, 0.05) is 10.0 Å². The lowest BCUT2D eigenvalue weighted by molar-refractivity contribution is -0.000415. The predicted molar refractivity (Wildman–Crippen MR) is 90.3 cm³/mol. The standard InChI is InChI=1S/C17H26BrNO2/c1-7-17(5,6)19(15(20)21-16(2,3)4)12-13-10-8-9-11-14(13)18/h8-11H,7,12H2,1-6H3. The molecule has 21 heavy (non-hydrogen) atoms. The molecular formula is C17H26BrNO2. The number of nitrogens with zero attached hydrogens (tertiary/aromatic N) is 1. The van der Waals surface area contributed by atoms with E-state index in [1.54, 1.807) is 4.90 Å². The summed E-state index contributed by atoms with van der Waals surface area (Å²) >= 11 is 3.55. The summed E-state index contributed by atoms with van der Waals surface area (Å²) in [5, 5.41) is 0. The molecule has 0 aromatic heterocycles. The molecule has 0 aliphatic carbocycles. The Morgan fingerprint density at radius 2 is 1.76 bits per heavy atom. The predicted octanol–water partition coefficient (Wildman–Crippen LogP) is 5.37. The van der Waals surface area contributed by atoms with Crippen LogP contribution in [-0.4, -0.2) is 22.1 Å². The number of carbonyl (C=O) groups excluding carboxylic acids is 1. The first-order valence-corrected chi connectivity index (χ1v) is 8.10. The van der Waals surface area contributed by atoms with Gasteiger partial charge in [0.2, 0.25) is 0 Å². The fourth-order valence-electron chi connectivity index (χ4n) is 1.83. The molecule has 0 saturated heterocycles. The maximum Gasteiger partial charge on any atom is 0.411 e. The van der Waals surface area contributed by atoms with Crippen molar-refractivity contribution in [2.75, 3.05) is 0 Å². The van der Waals surface area contributed by atoms with Gasteiger partial charge >= 0.3 is 6.09 Å². The number of hydrogen-bond acceptors (Lipinski definition) is 2. The Balaban J connectivity index is 3.04. The summed E-state index contributed by atoms with van der Waals surface area (Å²) in [6, 6.07) is 7.96. The smallest absolute Gasteiger partial charge is 0.411 e. The molecule has 0 heterocycles. The Morgan fingerprint density at radius 3 is 2.24 bits per heavy atom. The van der Waals surface area contributed by atoms with Crippen molar-refractivity contribution < 1.29 is 9.53 Å². The second kappa shape index (κ2) is 6.82. The van der Waals surface area contributed by atoms with Crippen molar-refractivity contribution in [2.45, 2.75) is 65.6 Å². The van der Waals surface area contributed by atoms with Crippen molar-refractivity contribution in [3.05, 3.63) is 34.3 Å². The lowest BCUT2D eigenvalue weighted by atomic mass is 9.99. The van der Waals surface area contributed by atoms with Crippen molar-refractivity contribution in [1.29, 1.82) is 0 Å². The molecule has 0 aliphatic rings. The first-order valence-electron chi connectivity index (χ1n) is 7.31. The van der Waals surface area contributed by atoms with Gasteiger partial charge in [-0.1, -0.05) is 41.1 Å². The molecule has 0 bridgehead atoms. The molecular weight excluding hydrogens is 330 g/mol. The van der Waals surface area contributed by atoms with Gasteiger partial charge in [-0.05, 0) is 52.7 Å². The Labute approximate surface area is 136 Å². The number of rotatable bonds is 4. The highest BCUT2D eigenvalue weighted by atomic mass is 79.9. The number of hydrogen-bond donors (Lipinski definition) is 0. The topological polar surface area (TPSA) is 29.5 Å².